The first-order valence-corrected chi connectivity index (χ1v) is 9.82. The average molecular weight is 361 g/mol. The third-order valence-corrected chi connectivity index (χ3v) is 5.91. The molecule has 1 atom stereocenters. The Hall–Kier alpha value is -1.85. The molecule has 6 nitrogen and oxygen atoms in total. The number of nitrogens with zero attached hydrogens (tertiary/aromatic N) is 4. The van der Waals surface area contributed by atoms with Crippen molar-refractivity contribution in [2.75, 3.05) is 19.6 Å². The second-order valence-electron chi connectivity index (χ2n) is 8.80. The van der Waals surface area contributed by atoms with Gasteiger partial charge >= 0.3 is 0 Å². The van der Waals surface area contributed by atoms with Crippen LogP contribution >= 0.6 is 0 Å². The van der Waals surface area contributed by atoms with Gasteiger partial charge in [0.05, 0.1) is 5.92 Å². The van der Waals surface area contributed by atoms with Gasteiger partial charge < -0.3 is 14.4 Å². The van der Waals surface area contributed by atoms with Crippen molar-refractivity contribution in [2.45, 2.75) is 65.5 Å². The standard InChI is InChI=1S/C20H32N4O2/c1-15-21-8-12-22(15)9-5-16-6-10-23(11-7-16)19(26)17-13-18(25)24(14-17)20(2,3)4/h8,12,16-17H,5-7,9-11,13-14H2,1-4H3. The van der Waals surface area contributed by atoms with Crippen molar-refractivity contribution in [2.24, 2.45) is 11.8 Å². The molecule has 0 bridgehead atoms. The van der Waals surface area contributed by atoms with Gasteiger partial charge in [-0.05, 0) is 52.9 Å². The van der Waals surface area contributed by atoms with E-state index in [1.54, 1.807) is 0 Å². The van der Waals surface area contributed by atoms with E-state index in [0.29, 0.717) is 18.9 Å². The van der Waals surface area contributed by atoms with Gasteiger partial charge in [-0.15, -0.1) is 0 Å². The number of carbonyl (C=O) groups is 2. The molecule has 6 heteroatoms. The molecule has 0 spiro atoms. The number of likely N-dealkylation sites (tertiary alicyclic amines) is 2. The van der Waals surface area contributed by atoms with Crippen LogP contribution in [0, 0.1) is 18.8 Å². The van der Waals surface area contributed by atoms with Crippen molar-refractivity contribution < 1.29 is 9.59 Å². The van der Waals surface area contributed by atoms with Gasteiger partial charge in [-0.1, -0.05) is 0 Å². The maximum Gasteiger partial charge on any atom is 0.227 e. The lowest BCUT2D eigenvalue weighted by atomic mass is 9.92. The third kappa shape index (κ3) is 4.10. The summed E-state index contributed by atoms with van der Waals surface area (Å²) in [6, 6.07) is 0. The van der Waals surface area contributed by atoms with Gasteiger partial charge in [0, 0.05) is 50.5 Å². The highest BCUT2D eigenvalue weighted by atomic mass is 16.2. The highest BCUT2D eigenvalue weighted by Gasteiger charge is 2.41. The molecule has 0 radical (unpaired) electrons. The van der Waals surface area contributed by atoms with Crippen LogP contribution in [0.25, 0.3) is 0 Å². The van der Waals surface area contributed by atoms with Crippen LogP contribution in [0.15, 0.2) is 12.4 Å². The summed E-state index contributed by atoms with van der Waals surface area (Å²) in [6.07, 6.45) is 7.51. The lowest BCUT2D eigenvalue weighted by molar-refractivity contribution is -0.137. The number of hydrogen-bond acceptors (Lipinski definition) is 3. The normalized spacial score (nSPS) is 22.3. The van der Waals surface area contributed by atoms with Crippen LogP contribution in [0.4, 0.5) is 0 Å². The van der Waals surface area contributed by atoms with Gasteiger partial charge in [-0.25, -0.2) is 4.98 Å². The molecule has 1 aromatic rings. The molecular formula is C20H32N4O2. The smallest absolute Gasteiger partial charge is 0.227 e. The van der Waals surface area contributed by atoms with Crippen molar-refractivity contribution in [1.82, 2.24) is 19.4 Å². The molecule has 2 aliphatic heterocycles. The van der Waals surface area contributed by atoms with Crippen LogP contribution in [0.2, 0.25) is 0 Å². The Morgan fingerprint density at radius 2 is 1.96 bits per heavy atom. The fraction of sp³-hybridized carbons (Fsp3) is 0.750. The van der Waals surface area contributed by atoms with Crippen molar-refractivity contribution in [3.05, 3.63) is 18.2 Å². The molecule has 1 unspecified atom stereocenters. The minimum atomic E-state index is -0.204. The summed E-state index contributed by atoms with van der Waals surface area (Å²) in [4.78, 5) is 33.2. The molecule has 3 rings (SSSR count). The van der Waals surface area contributed by atoms with E-state index in [0.717, 1.165) is 44.7 Å². The summed E-state index contributed by atoms with van der Waals surface area (Å²) in [5.41, 5.74) is -0.204. The van der Waals surface area contributed by atoms with Gasteiger partial charge in [0.15, 0.2) is 0 Å². The zero-order valence-corrected chi connectivity index (χ0v) is 16.6. The number of aromatic nitrogens is 2. The Labute approximate surface area is 156 Å². The Bertz CT molecular complexity index is 653. The quantitative estimate of drug-likeness (QED) is 0.829. The van der Waals surface area contributed by atoms with E-state index in [9.17, 15) is 9.59 Å². The molecule has 0 N–H and O–H groups in total. The SMILES string of the molecule is Cc1nccn1CCC1CCN(C(=O)C2CC(=O)N(C(C)(C)C)C2)CC1. The minimum Gasteiger partial charge on any atom is -0.342 e. The highest BCUT2D eigenvalue weighted by molar-refractivity contribution is 5.89. The van der Waals surface area contributed by atoms with Crippen molar-refractivity contribution in [3.63, 3.8) is 0 Å². The third-order valence-electron chi connectivity index (χ3n) is 5.91. The Morgan fingerprint density at radius 1 is 1.27 bits per heavy atom. The Morgan fingerprint density at radius 3 is 2.50 bits per heavy atom. The molecule has 2 amide bonds. The summed E-state index contributed by atoms with van der Waals surface area (Å²) in [6.45, 7) is 11.4. The largest absolute Gasteiger partial charge is 0.342 e. The summed E-state index contributed by atoms with van der Waals surface area (Å²) >= 11 is 0. The fourth-order valence-electron chi connectivity index (χ4n) is 4.18. The van der Waals surface area contributed by atoms with E-state index in [1.807, 2.05) is 49.9 Å². The molecule has 0 aromatic carbocycles. The summed E-state index contributed by atoms with van der Waals surface area (Å²) in [5, 5.41) is 0. The van der Waals surface area contributed by atoms with E-state index < -0.39 is 0 Å². The molecule has 2 fully saturated rings. The van der Waals surface area contributed by atoms with Gasteiger partial charge in [0.1, 0.15) is 5.82 Å². The lowest BCUT2D eigenvalue weighted by Crippen LogP contribution is -2.45. The second kappa shape index (κ2) is 7.41. The molecule has 3 heterocycles. The van der Waals surface area contributed by atoms with Crippen LogP contribution in [0.5, 0.6) is 0 Å². The lowest BCUT2D eigenvalue weighted by Gasteiger charge is -2.35. The molecule has 1 aromatic heterocycles. The topological polar surface area (TPSA) is 58.4 Å². The van der Waals surface area contributed by atoms with Crippen LogP contribution in [-0.4, -0.2) is 56.3 Å². The second-order valence-corrected chi connectivity index (χ2v) is 8.80. The van der Waals surface area contributed by atoms with E-state index in [4.69, 9.17) is 0 Å². The molecule has 144 valence electrons. The number of amides is 2. The van der Waals surface area contributed by atoms with E-state index in [1.165, 1.54) is 0 Å². The van der Waals surface area contributed by atoms with Gasteiger partial charge in [0.25, 0.3) is 0 Å². The number of imidazole rings is 1. The van der Waals surface area contributed by atoms with Gasteiger partial charge in [0.2, 0.25) is 11.8 Å². The minimum absolute atomic E-state index is 0.112. The number of aryl methyl sites for hydroxylation is 2. The van der Waals surface area contributed by atoms with Crippen molar-refractivity contribution >= 4 is 11.8 Å². The average Bonchev–Trinajstić information content (AvgIpc) is 3.18. The molecule has 2 aliphatic rings. The van der Waals surface area contributed by atoms with Crippen LogP contribution in [0.3, 0.4) is 0 Å². The summed E-state index contributed by atoms with van der Waals surface area (Å²) in [7, 11) is 0. The highest BCUT2D eigenvalue weighted by Crippen LogP contribution is 2.29. The molecule has 0 saturated carbocycles. The Balaban J connectivity index is 1.47. The van der Waals surface area contributed by atoms with E-state index in [2.05, 4.69) is 9.55 Å². The fourth-order valence-corrected chi connectivity index (χ4v) is 4.18. The summed E-state index contributed by atoms with van der Waals surface area (Å²) < 4.78 is 2.20. The van der Waals surface area contributed by atoms with Crippen LogP contribution < -0.4 is 0 Å². The van der Waals surface area contributed by atoms with Gasteiger partial charge in [-0.2, -0.15) is 0 Å². The predicted molar refractivity (Wildman–Crippen MR) is 100 cm³/mol. The van der Waals surface area contributed by atoms with E-state index >= 15 is 0 Å². The Kier molecular flexibility index (Phi) is 5.39. The zero-order chi connectivity index (χ0) is 18.9. The van der Waals surface area contributed by atoms with Crippen LogP contribution in [-0.2, 0) is 16.1 Å². The van der Waals surface area contributed by atoms with Gasteiger partial charge in [-0.3, -0.25) is 9.59 Å². The number of hydrogen-bond donors (Lipinski definition) is 0. The number of rotatable bonds is 4. The zero-order valence-electron chi connectivity index (χ0n) is 16.6. The van der Waals surface area contributed by atoms with Crippen LogP contribution in [0.1, 0.15) is 52.3 Å². The molecular weight excluding hydrogens is 328 g/mol. The first-order valence-electron chi connectivity index (χ1n) is 9.82. The number of piperidine rings is 1. The number of carbonyl (C=O) groups excluding carboxylic acids is 2. The van der Waals surface area contributed by atoms with Crippen molar-refractivity contribution in [3.8, 4) is 0 Å². The molecule has 0 aliphatic carbocycles. The van der Waals surface area contributed by atoms with E-state index in [-0.39, 0.29) is 23.3 Å². The monoisotopic (exact) mass is 360 g/mol. The molecule has 26 heavy (non-hydrogen) atoms. The predicted octanol–water partition coefficient (Wildman–Crippen LogP) is 2.47. The van der Waals surface area contributed by atoms with Crippen molar-refractivity contribution in [1.29, 1.82) is 0 Å². The molecule has 2 saturated heterocycles. The first kappa shape index (κ1) is 18.9. The maximum atomic E-state index is 12.8. The first-order chi connectivity index (χ1) is 12.3. The summed E-state index contributed by atoms with van der Waals surface area (Å²) in [5.74, 6) is 1.85. The maximum absolute atomic E-state index is 12.8.